The van der Waals surface area contributed by atoms with Crippen molar-refractivity contribution in [3.8, 4) is 11.5 Å². The van der Waals surface area contributed by atoms with Gasteiger partial charge in [0.25, 0.3) is 5.91 Å². The third-order valence-corrected chi connectivity index (χ3v) is 5.05. The van der Waals surface area contributed by atoms with Gasteiger partial charge in [-0.05, 0) is 41.8 Å². The fourth-order valence-corrected chi connectivity index (χ4v) is 3.35. The van der Waals surface area contributed by atoms with Crippen LogP contribution >= 0.6 is 0 Å². The zero-order chi connectivity index (χ0) is 22.4. The number of amides is 1. The second kappa shape index (κ2) is 10.2. The van der Waals surface area contributed by atoms with Crippen LogP contribution in [0.5, 0.6) is 11.5 Å². The van der Waals surface area contributed by atoms with E-state index in [0.29, 0.717) is 30.3 Å². The Bertz CT molecular complexity index is 926. The van der Waals surface area contributed by atoms with Gasteiger partial charge in [-0.15, -0.1) is 0 Å². The molecule has 0 aromatic heterocycles. The summed E-state index contributed by atoms with van der Waals surface area (Å²) in [6, 6.07) is 12.5. The smallest absolute Gasteiger partial charge is 0.338 e. The number of ether oxygens (including phenoxy) is 3. The van der Waals surface area contributed by atoms with E-state index in [2.05, 4.69) is 5.32 Å². The van der Waals surface area contributed by atoms with E-state index in [0.717, 1.165) is 17.7 Å². The molecule has 3 rings (SSSR count). The molecule has 0 aliphatic carbocycles. The van der Waals surface area contributed by atoms with Crippen LogP contribution in [-0.2, 0) is 9.53 Å². The normalized spacial score (nSPS) is 13.8. The molecule has 0 unspecified atom stereocenters. The summed E-state index contributed by atoms with van der Waals surface area (Å²) in [7, 11) is 3.78. The van der Waals surface area contributed by atoms with Crippen molar-refractivity contribution in [2.24, 2.45) is 5.92 Å². The van der Waals surface area contributed by atoms with Crippen LogP contribution in [0.1, 0.15) is 42.2 Å². The van der Waals surface area contributed by atoms with Crippen LogP contribution in [0.25, 0.3) is 0 Å². The lowest BCUT2D eigenvalue weighted by Crippen LogP contribution is -2.35. The van der Waals surface area contributed by atoms with Gasteiger partial charge in [-0.2, -0.15) is 0 Å². The van der Waals surface area contributed by atoms with Crippen LogP contribution < -0.4 is 19.7 Å². The van der Waals surface area contributed by atoms with Crippen LogP contribution in [0.4, 0.5) is 5.69 Å². The van der Waals surface area contributed by atoms with Gasteiger partial charge in [0.05, 0.1) is 24.8 Å². The summed E-state index contributed by atoms with van der Waals surface area (Å²) in [5.41, 5.74) is 2.20. The summed E-state index contributed by atoms with van der Waals surface area (Å²) in [4.78, 5) is 26.8. The van der Waals surface area contributed by atoms with E-state index in [1.165, 1.54) is 0 Å². The van der Waals surface area contributed by atoms with E-state index < -0.39 is 5.97 Å². The lowest BCUT2D eigenvalue weighted by molar-refractivity contribution is -0.125. The molecule has 1 amide bonds. The highest BCUT2D eigenvalue weighted by Gasteiger charge is 2.22. The quantitative estimate of drug-likeness (QED) is 0.682. The van der Waals surface area contributed by atoms with Crippen molar-refractivity contribution in [2.75, 3.05) is 38.8 Å². The van der Waals surface area contributed by atoms with Crippen LogP contribution in [0.15, 0.2) is 42.5 Å². The summed E-state index contributed by atoms with van der Waals surface area (Å²) in [6.45, 7) is 4.91. The fourth-order valence-electron chi connectivity index (χ4n) is 3.35. The van der Waals surface area contributed by atoms with E-state index >= 15 is 0 Å². The van der Waals surface area contributed by atoms with Crippen molar-refractivity contribution < 1.29 is 23.8 Å². The fraction of sp³-hybridized carbons (Fsp3) is 0.417. The topological polar surface area (TPSA) is 77.1 Å². The van der Waals surface area contributed by atoms with E-state index in [-0.39, 0.29) is 24.5 Å². The molecule has 0 spiro atoms. The molecule has 0 fully saturated rings. The summed E-state index contributed by atoms with van der Waals surface area (Å²) in [6.07, 6.45) is 0.831. The number of esters is 1. The third-order valence-electron chi connectivity index (χ3n) is 5.05. The molecule has 31 heavy (non-hydrogen) atoms. The molecule has 2 aromatic rings. The highest BCUT2D eigenvalue weighted by molar-refractivity contribution is 5.92. The van der Waals surface area contributed by atoms with Crippen LogP contribution in [0, 0.1) is 5.92 Å². The number of carbonyl (C=O) groups is 2. The van der Waals surface area contributed by atoms with Gasteiger partial charge < -0.3 is 24.4 Å². The van der Waals surface area contributed by atoms with E-state index in [9.17, 15) is 9.59 Å². The second-order valence-electron chi connectivity index (χ2n) is 8.07. The summed E-state index contributed by atoms with van der Waals surface area (Å²) >= 11 is 0. The number of benzene rings is 2. The molecule has 1 atom stereocenters. The number of nitrogens with zero attached hydrogens (tertiary/aromatic N) is 1. The number of nitrogens with one attached hydrogen (secondary N) is 1. The highest BCUT2D eigenvalue weighted by atomic mass is 16.5. The van der Waals surface area contributed by atoms with Crippen LogP contribution in [-0.4, -0.2) is 45.8 Å². The van der Waals surface area contributed by atoms with E-state index in [4.69, 9.17) is 14.2 Å². The van der Waals surface area contributed by atoms with Crippen molar-refractivity contribution in [3.63, 3.8) is 0 Å². The maximum absolute atomic E-state index is 12.5. The van der Waals surface area contributed by atoms with Crippen molar-refractivity contribution in [3.05, 3.63) is 53.6 Å². The zero-order valence-corrected chi connectivity index (χ0v) is 18.5. The Kier molecular flexibility index (Phi) is 7.39. The molecule has 1 aliphatic heterocycles. The van der Waals surface area contributed by atoms with Gasteiger partial charge in [0.15, 0.2) is 18.1 Å². The molecule has 2 aromatic carbocycles. The van der Waals surface area contributed by atoms with Gasteiger partial charge in [-0.1, -0.05) is 26.0 Å². The first-order valence-electron chi connectivity index (χ1n) is 10.5. The van der Waals surface area contributed by atoms with Crippen molar-refractivity contribution in [2.45, 2.75) is 26.3 Å². The summed E-state index contributed by atoms with van der Waals surface area (Å²) < 4.78 is 16.7. The number of hydrogen-bond donors (Lipinski definition) is 1. The summed E-state index contributed by atoms with van der Waals surface area (Å²) in [5, 5.41) is 2.97. The van der Waals surface area contributed by atoms with E-state index in [1.807, 2.05) is 57.1 Å². The zero-order valence-electron chi connectivity index (χ0n) is 18.5. The predicted molar refractivity (Wildman–Crippen MR) is 119 cm³/mol. The number of anilines is 1. The number of fused-ring (bicyclic) bond motifs is 1. The second-order valence-corrected chi connectivity index (χ2v) is 8.07. The molecule has 0 saturated heterocycles. The van der Waals surface area contributed by atoms with Gasteiger partial charge >= 0.3 is 5.97 Å². The molecule has 0 radical (unpaired) electrons. The first kappa shape index (κ1) is 22.5. The Hall–Kier alpha value is -3.22. The van der Waals surface area contributed by atoms with Gasteiger partial charge in [-0.25, -0.2) is 4.79 Å². The Balaban J connectivity index is 1.63. The Morgan fingerprint density at radius 2 is 1.81 bits per heavy atom. The van der Waals surface area contributed by atoms with Crippen molar-refractivity contribution in [1.29, 1.82) is 0 Å². The Morgan fingerprint density at radius 3 is 2.52 bits per heavy atom. The van der Waals surface area contributed by atoms with Crippen molar-refractivity contribution >= 4 is 17.6 Å². The minimum Gasteiger partial charge on any atom is -0.490 e. The Morgan fingerprint density at radius 1 is 1.06 bits per heavy atom. The average molecular weight is 427 g/mol. The lowest BCUT2D eigenvalue weighted by Gasteiger charge is -2.24. The molecule has 1 heterocycles. The van der Waals surface area contributed by atoms with Crippen molar-refractivity contribution in [1.82, 2.24) is 5.32 Å². The predicted octanol–water partition coefficient (Wildman–Crippen LogP) is 3.58. The highest BCUT2D eigenvalue weighted by Crippen LogP contribution is 2.34. The van der Waals surface area contributed by atoms with Crippen LogP contribution in [0.3, 0.4) is 0 Å². The van der Waals surface area contributed by atoms with Gasteiger partial charge in [0.2, 0.25) is 0 Å². The van der Waals surface area contributed by atoms with Gasteiger partial charge in [-0.3, -0.25) is 4.79 Å². The average Bonchev–Trinajstić information content (AvgIpc) is 3.00. The minimum absolute atomic E-state index is 0.126. The van der Waals surface area contributed by atoms with Gasteiger partial charge in [0, 0.05) is 26.2 Å². The number of hydrogen-bond acceptors (Lipinski definition) is 6. The standard InChI is InChI=1S/C24H30N2O5/c1-16(2)23(17-9-10-20-21(14-17)30-12-6-11-29-20)25-22(27)15-31-24(28)18-7-5-8-19(13-18)26(3)4/h5,7-10,13-14,16,23H,6,11-12,15H2,1-4H3,(H,25,27)/t23-/m1/s1. The minimum atomic E-state index is -0.532. The molecule has 0 bridgehead atoms. The molecule has 1 aliphatic rings. The molecular formula is C24H30N2O5. The first-order chi connectivity index (χ1) is 14.8. The third kappa shape index (κ3) is 5.90. The SMILES string of the molecule is CC(C)[C@@H](NC(=O)COC(=O)c1cccc(N(C)C)c1)c1ccc2c(c1)OCCCO2. The number of carbonyl (C=O) groups excluding carboxylic acids is 2. The Labute approximate surface area is 183 Å². The molecule has 0 saturated carbocycles. The lowest BCUT2D eigenvalue weighted by atomic mass is 9.95. The molecule has 7 nitrogen and oxygen atoms in total. The largest absolute Gasteiger partial charge is 0.490 e. The first-order valence-corrected chi connectivity index (χ1v) is 10.5. The maximum Gasteiger partial charge on any atom is 0.338 e. The van der Waals surface area contributed by atoms with Gasteiger partial charge in [0.1, 0.15) is 0 Å². The monoisotopic (exact) mass is 426 g/mol. The van der Waals surface area contributed by atoms with Crippen LogP contribution in [0.2, 0.25) is 0 Å². The summed E-state index contributed by atoms with van der Waals surface area (Å²) in [5.74, 6) is 0.630. The molecule has 1 N–H and O–H groups in total. The molecular weight excluding hydrogens is 396 g/mol. The maximum atomic E-state index is 12.5. The molecule has 7 heteroatoms. The number of rotatable bonds is 7. The van der Waals surface area contributed by atoms with E-state index in [1.54, 1.807) is 18.2 Å². The molecule has 166 valence electrons.